The highest BCUT2D eigenvalue weighted by atomic mass is 16.3. The lowest BCUT2D eigenvalue weighted by atomic mass is 10.2. The lowest BCUT2D eigenvalue weighted by molar-refractivity contribution is -0.130. The molecule has 0 spiro atoms. The maximum absolute atomic E-state index is 12.1. The topological polar surface area (TPSA) is 72.9 Å². The number of nitrogens with one attached hydrogen (secondary N) is 1. The molecule has 2 aliphatic rings. The fourth-order valence-electron chi connectivity index (χ4n) is 3.27. The number of likely N-dealkylation sites (tertiary alicyclic amines) is 1. The van der Waals surface area contributed by atoms with E-state index in [4.69, 9.17) is 5.11 Å². The molecule has 1 aliphatic heterocycles. The van der Waals surface area contributed by atoms with Gasteiger partial charge in [0, 0.05) is 38.7 Å². The smallest absolute Gasteiger partial charge is 0.234 e. The standard InChI is InChI=1S/C18H33N3O3/c22-14-5-4-12-21(16-8-9-16)15-17(23)19-10-6-13-20-11-3-1-2-7-18(20)24/h16,22H,1-15H2,(H,19,23). The van der Waals surface area contributed by atoms with Crippen molar-refractivity contribution in [2.45, 2.75) is 63.8 Å². The molecule has 0 aromatic rings. The Hall–Kier alpha value is -1.14. The summed E-state index contributed by atoms with van der Waals surface area (Å²) >= 11 is 0. The summed E-state index contributed by atoms with van der Waals surface area (Å²) < 4.78 is 0. The second kappa shape index (κ2) is 10.7. The largest absolute Gasteiger partial charge is 0.396 e. The first-order chi connectivity index (χ1) is 11.7. The minimum absolute atomic E-state index is 0.0769. The van der Waals surface area contributed by atoms with Gasteiger partial charge in [-0.25, -0.2) is 0 Å². The van der Waals surface area contributed by atoms with Crippen molar-refractivity contribution in [1.82, 2.24) is 15.1 Å². The summed E-state index contributed by atoms with van der Waals surface area (Å²) in [6.45, 7) is 3.83. The summed E-state index contributed by atoms with van der Waals surface area (Å²) in [6, 6.07) is 0.559. The molecule has 2 rings (SSSR count). The van der Waals surface area contributed by atoms with Crippen LogP contribution in [0, 0.1) is 0 Å². The van der Waals surface area contributed by atoms with Crippen LogP contribution in [0.2, 0.25) is 0 Å². The molecule has 1 saturated heterocycles. The second-order valence-corrected chi connectivity index (χ2v) is 7.03. The maximum Gasteiger partial charge on any atom is 0.234 e. The summed E-state index contributed by atoms with van der Waals surface area (Å²) in [5, 5.41) is 11.9. The minimum Gasteiger partial charge on any atom is -0.396 e. The van der Waals surface area contributed by atoms with E-state index in [1.165, 1.54) is 12.8 Å². The molecule has 0 radical (unpaired) electrons. The molecule has 1 heterocycles. The van der Waals surface area contributed by atoms with Crippen LogP contribution in [-0.2, 0) is 9.59 Å². The lowest BCUT2D eigenvalue weighted by Crippen LogP contribution is -2.40. The molecular weight excluding hydrogens is 306 g/mol. The third kappa shape index (κ3) is 7.18. The predicted molar refractivity (Wildman–Crippen MR) is 93.6 cm³/mol. The van der Waals surface area contributed by atoms with Gasteiger partial charge in [0.2, 0.25) is 11.8 Å². The summed E-state index contributed by atoms with van der Waals surface area (Å²) in [5.41, 5.74) is 0. The molecule has 138 valence electrons. The monoisotopic (exact) mass is 339 g/mol. The summed E-state index contributed by atoms with van der Waals surface area (Å²) in [4.78, 5) is 28.2. The average molecular weight is 339 g/mol. The summed E-state index contributed by atoms with van der Waals surface area (Å²) in [6.07, 6.45) is 8.87. The van der Waals surface area contributed by atoms with Gasteiger partial charge in [-0.15, -0.1) is 0 Å². The van der Waals surface area contributed by atoms with E-state index in [1.54, 1.807) is 0 Å². The molecule has 6 heteroatoms. The Balaban J connectivity index is 1.58. The SMILES string of the molecule is O=C(CN(CCCCO)C1CC1)NCCCN1CCCCCC1=O. The van der Waals surface area contributed by atoms with Crippen LogP contribution >= 0.6 is 0 Å². The highest BCUT2D eigenvalue weighted by Crippen LogP contribution is 2.26. The first-order valence-electron chi connectivity index (χ1n) is 9.60. The minimum atomic E-state index is 0.0769. The number of hydrogen-bond donors (Lipinski definition) is 2. The molecule has 0 bridgehead atoms. The van der Waals surface area contributed by atoms with Gasteiger partial charge in [0.15, 0.2) is 0 Å². The van der Waals surface area contributed by atoms with E-state index in [0.717, 1.165) is 58.2 Å². The van der Waals surface area contributed by atoms with Crippen molar-refractivity contribution < 1.29 is 14.7 Å². The van der Waals surface area contributed by atoms with Crippen molar-refractivity contribution in [3.63, 3.8) is 0 Å². The predicted octanol–water partition coefficient (Wildman–Crippen LogP) is 1.13. The molecular formula is C18H33N3O3. The van der Waals surface area contributed by atoms with Crippen molar-refractivity contribution in [3.8, 4) is 0 Å². The van der Waals surface area contributed by atoms with Crippen LogP contribution in [0.4, 0.5) is 0 Å². The van der Waals surface area contributed by atoms with Gasteiger partial charge in [-0.1, -0.05) is 6.42 Å². The third-order valence-corrected chi connectivity index (χ3v) is 4.86. The van der Waals surface area contributed by atoms with Crippen molar-refractivity contribution >= 4 is 11.8 Å². The Morgan fingerprint density at radius 1 is 1.21 bits per heavy atom. The van der Waals surface area contributed by atoms with E-state index in [9.17, 15) is 9.59 Å². The number of nitrogens with zero attached hydrogens (tertiary/aromatic N) is 2. The Bertz CT molecular complexity index is 399. The number of carbonyl (C=O) groups is 2. The van der Waals surface area contributed by atoms with Gasteiger partial charge in [-0.2, -0.15) is 0 Å². The lowest BCUT2D eigenvalue weighted by Gasteiger charge is -2.22. The molecule has 0 aromatic heterocycles. The number of aliphatic hydroxyl groups excluding tert-OH is 1. The van der Waals surface area contributed by atoms with Crippen LogP contribution in [0.25, 0.3) is 0 Å². The zero-order valence-electron chi connectivity index (χ0n) is 14.8. The number of rotatable bonds is 11. The Kier molecular flexibility index (Phi) is 8.53. The van der Waals surface area contributed by atoms with Crippen molar-refractivity contribution in [2.75, 3.05) is 39.3 Å². The molecule has 2 amide bonds. The maximum atomic E-state index is 12.1. The highest BCUT2D eigenvalue weighted by molar-refractivity contribution is 5.78. The van der Waals surface area contributed by atoms with Crippen LogP contribution in [-0.4, -0.2) is 72.1 Å². The molecule has 0 aromatic carbocycles. The van der Waals surface area contributed by atoms with Crippen LogP contribution in [0.15, 0.2) is 0 Å². The van der Waals surface area contributed by atoms with Crippen molar-refractivity contribution in [1.29, 1.82) is 0 Å². The molecule has 6 nitrogen and oxygen atoms in total. The molecule has 24 heavy (non-hydrogen) atoms. The Morgan fingerprint density at radius 3 is 2.79 bits per heavy atom. The van der Waals surface area contributed by atoms with Gasteiger partial charge >= 0.3 is 0 Å². The highest BCUT2D eigenvalue weighted by Gasteiger charge is 2.29. The summed E-state index contributed by atoms with van der Waals surface area (Å²) in [5.74, 6) is 0.343. The van der Waals surface area contributed by atoms with Gasteiger partial charge < -0.3 is 15.3 Å². The number of hydrogen-bond acceptors (Lipinski definition) is 4. The Morgan fingerprint density at radius 2 is 2.04 bits per heavy atom. The van der Waals surface area contributed by atoms with Crippen LogP contribution in [0.5, 0.6) is 0 Å². The molecule has 1 aliphatic carbocycles. The van der Waals surface area contributed by atoms with E-state index in [0.29, 0.717) is 25.6 Å². The van der Waals surface area contributed by atoms with Crippen LogP contribution in [0.1, 0.15) is 57.8 Å². The first kappa shape index (κ1) is 19.2. The van der Waals surface area contributed by atoms with Crippen LogP contribution < -0.4 is 5.32 Å². The fraction of sp³-hybridized carbons (Fsp3) is 0.889. The second-order valence-electron chi connectivity index (χ2n) is 7.03. The van der Waals surface area contributed by atoms with E-state index in [-0.39, 0.29) is 18.4 Å². The van der Waals surface area contributed by atoms with E-state index < -0.39 is 0 Å². The molecule has 2 fully saturated rings. The van der Waals surface area contributed by atoms with Gasteiger partial charge in [-0.05, 0) is 51.5 Å². The van der Waals surface area contributed by atoms with E-state index >= 15 is 0 Å². The fourth-order valence-corrected chi connectivity index (χ4v) is 3.27. The molecule has 0 unspecified atom stereocenters. The van der Waals surface area contributed by atoms with E-state index in [2.05, 4.69) is 10.2 Å². The molecule has 1 saturated carbocycles. The zero-order chi connectivity index (χ0) is 17.2. The Labute approximate surface area is 145 Å². The van der Waals surface area contributed by atoms with Gasteiger partial charge in [0.25, 0.3) is 0 Å². The number of aliphatic hydroxyl groups is 1. The number of unbranched alkanes of at least 4 members (excludes halogenated alkanes) is 1. The third-order valence-electron chi connectivity index (χ3n) is 4.86. The normalized spacial score (nSPS) is 18.8. The quantitative estimate of drug-likeness (QED) is 0.554. The average Bonchev–Trinajstić information content (AvgIpc) is 3.40. The molecule has 0 atom stereocenters. The van der Waals surface area contributed by atoms with Crippen LogP contribution in [0.3, 0.4) is 0 Å². The van der Waals surface area contributed by atoms with Gasteiger partial charge in [0.1, 0.15) is 0 Å². The summed E-state index contributed by atoms with van der Waals surface area (Å²) in [7, 11) is 0. The van der Waals surface area contributed by atoms with E-state index in [1.807, 2.05) is 4.90 Å². The van der Waals surface area contributed by atoms with Gasteiger partial charge in [-0.3, -0.25) is 14.5 Å². The first-order valence-corrected chi connectivity index (χ1v) is 9.60. The number of amides is 2. The van der Waals surface area contributed by atoms with Crippen molar-refractivity contribution in [3.05, 3.63) is 0 Å². The van der Waals surface area contributed by atoms with Crippen molar-refractivity contribution in [2.24, 2.45) is 0 Å². The zero-order valence-corrected chi connectivity index (χ0v) is 14.8. The molecule has 2 N–H and O–H groups in total. The number of carbonyl (C=O) groups excluding carboxylic acids is 2. The van der Waals surface area contributed by atoms with Gasteiger partial charge in [0.05, 0.1) is 6.54 Å².